The van der Waals surface area contributed by atoms with Gasteiger partial charge in [-0.25, -0.2) is 4.68 Å². The molecule has 1 N–H and O–H groups in total. The molecule has 2 saturated heterocycles. The van der Waals surface area contributed by atoms with E-state index in [1.807, 2.05) is 6.92 Å². The van der Waals surface area contributed by atoms with E-state index in [1.54, 1.807) is 11.6 Å². The molecule has 0 spiro atoms. The van der Waals surface area contributed by atoms with Crippen LogP contribution >= 0.6 is 0 Å². The summed E-state index contributed by atoms with van der Waals surface area (Å²) in [5.74, 6) is 1.29. The van der Waals surface area contributed by atoms with Crippen molar-refractivity contribution in [2.45, 2.75) is 39.3 Å². The second-order valence-electron chi connectivity index (χ2n) is 5.70. The number of piperidine rings is 1. The monoisotopic (exact) mass is 279 g/mol. The molecular weight excluding hydrogens is 258 g/mol. The summed E-state index contributed by atoms with van der Waals surface area (Å²) in [6.07, 6.45) is 2.41. The topological polar surface area (TPSA) is 76.2 Å². The van der Waals surface area contributed by atoms with Crippen LogP contribution in [0.4, 0.5) is 11.5 Å². The summed E-state index contributed by atoms with van der Waals surface area (Å²) in [7, 11) is 0. The Kier molecular flexibility index (Phi) is 3.37. The molecule has 2 fully saturated rings. The number of aryl methyl sites for hydroxylation is 2. The number of fused-ring (bicyclic) bond motifs is 1. The predicted molar refractivity (Wildman–Crippen MR) is 76.0 cm³/mol. The van der Waals surface area contributed by atoms with Gasteiger partial charge >= 0.3 is 5.69 Å². The minimum atomic E-state index is -0.292. The molecule has 7 nitrogen and oxygen atoms in total. The molecule has 110 valence electrons. The van der Waals surface area contributed by atoms with Gasteiger partial charge in [0.2, 0.25) is 5.82 Å². The van der Waals surface area contributed by atoms with E-state index in [9.17, 15) is 10.1 Å². The Hall–Kier alpha value is -1.63. The summed E-state index contributed by atoms with van der Waals surface area (Å²) in [6.45, 7) is 7.14. The molecule has 2 aliphatic rings. The highest BCUT2D eigenvalue weighted by Crippen LogP contribution is 2.36. The van der Waals surface area contributed by atoms with E-state index in [0.29, 0.717) is 30.0 Å². The fraction of sp³-hybridized carbons (Fsp3) is 0.769. The van der Waals surface area contributed by atoms with Crippen LogP contribution in [0.25, 0.3) is 0 Å². The smallest absolute Gasteiger partial charge is 0.333 e. The molecule has 0 aliphatic carbocycles. The maximum Gasteiger partial charge on any atom is 0.333 e. The highest BCUT2D eigenvalue weighted by Gasteiger charge is 2.39. The first kappa shape index (κ1) is 13.4. The van der Waals surface area contributed by atoms with Gasteiger partial charge in [-0.2, -0.15) is 5.10 Å². The molecular formula is C13H21N5O2. The number of anilines is 1. The number of rotatable bonds is 3. The number of hydrogen-bond donors (Lipinski definition) is 1. The van der Waals surface area contributed by atoms with Crippen LogP contribution in [-0.4, -0.2) is 40.4 Å². The fourth-order valence-electron chi connectivity index (χ4n) is 3.53. The minimum Gasteiger partial charge on any atom is -0.349 e. The van der Waals surface area contributed by atoms with E-state index in [-0.39, 0.29) is 10.6 Å². The van der Waals surface area contributed by atoms with Crippen molar-refractivity contribution < 1.29 is 4.92 Å². The fourth-order valence-corrected chi connectivity index (χ4v) is 3.53. The van der Waals surface area contributed by atoms with Gasteiger partial charge in [0.1, 0.15) is 5.69 Å². The third-order valence-corrected chi connectivity index (χ3v) is 4.45. The first-order valence-electron chi connectivity index (χ1n) is 7.32. The van der Waals surface area contributed by atoms with Crippen molar-refractivity contribution in [2.24, 2.45) is 5.92 Å². The van der Waals surface area contributed by atoms with Crippen molar-refractivity contribution in [3.63, 3.8) is 0 Å². The van der Waals surface area contributed by atoms with Crippen molar-refractivity contribution >= 4 is 11.5 Å². The molecule has 2 atom stereocenters. The number of nitrogens with zero attached hydrogens (tertiary/aromatic N) is 4. The van der Waals surface area contributed by atoms with E-state index in [2.05, 4.69) is 15.3 Å². The molecule has 3 rings (SSSR count). The summed E-state index contributed by atoms with van der Waals surface area (Å²) < 4.78 is 1.77. The zero-order chi connectivity index (χ0) is 14.3. The average Bonchev–Trinajstić information content (AvgIpc) is 2.98. The first-order chi connectivity index (χ1) is 9.61. The Morgan fingerprint density at radius 3 is 2.95 bits per heavy atom. The molecule has 1 aromatic heterocycles. The molecule has 0 aromatic carbocycles. The standard InChI is InChI=1S/C13H21N5O2/c1-3-17-13(12(18(19)20)9(2)15-17)16-7-10-5-4-6-14-11(10)8-16/h10-11,14H,3-8H2,1-2H3. The summed E-state index contributed by atoms with van der Waals surface area (Å²) in [6, 6.07) is 0.462. The Morgan fingerprint density at radius 1 is 1.50 bits per heavy atom. The Morgan fingerprint density at radius 2 is 2.30 bits per heavy atom. The lowest BCUT2D eigenvalue weighted by Gasteiger charge is -2.24. The molecule has 2 unspecified atom stereocenters. The molecule has 20 heavy (non-hydrogen) atoms. The molecule has 0 saturated carbocycles. The molecule has 1 aromatic rings. The van der Waals surface area contributed by atoms with E-state index in [4.69, 9.17) is 0 Å². The van der Waals surface area contributed by atoms with Crippen molar-refractivity contribution in [1.82, 2.24) is 15.1 Å². The van der Waals surface area contributed by atoms with Crippen molar-refractivity contribution in [2.75, 3.05) is 24.5 Å². The first-order valence-corrected chi connectivity index (χ1v) is 7.32. The predicted octanol–water partition coefficient (Wildman–Crippen LogP) is 1.31. The van der Waals surface area contributed by atoms with Gasteiger partial charge < -0.3 is 10.2 Å². The molecule has 3 heterocycles. The van der Waals surface area contributed by atoms with Crippen molar-refractivity contribution in [1.29, 1.82) is 0 Å². The van der Waals surface area contributed by atoms with Gasteiger partial charge in [-0.3, -0.25) is 10.1 Å². The van der Waals surface area contributed by atoms with Crippen molar-refractivity contribution in [3.8, 4) is 0 Å². The summed E-state index contributed by atoms with van der Waals surface area (Å²) in [5, 5.41) is 19.2. The number of aromatic nitrogens is 2. The molecule has 0 amide bonds. The zero-order valence-corrected chi connectivity index (χ0v) is 12.0. The third-order valence-electron chi connectivity index (χ3n) is 4.45. The summed E-state index contributed by atoms with van der Waals surface area (Å²) in [4.78, 5) is 13.2. The Labute approximate surface area is 118 Å². The molecule has 2 aliphatic heterocycles. The number of nitro groups is 1. The van der Waals surface area contributed by atoms with Crippen LogP contribution in [0.5, 0.6) is 0 Å². The summed E-state index contributed by atoms with van der Waals surface area (Å²) in [5.41, 5.74) is 0.681. The quantitative estimate of drug-likeness (QED) is 0.667. The zero-order valence-electron chi connectivity index (χ0n) is 12.0. The van der Waals surface area contributed by atoms with Crippen LogP contribution < -0.4 is 10.2 Å². The molecule has 7 heteroatoms. The van der Waals surface area contributed by atoms with Crippen LogP contribution in [0.2, 0.25) is 0 Å². The van der Waals surface area contributed by atoms with Gasteiger partial charge in [-0.1, -0.05) is 0 Å². The second-order valence-corrected chi connectivity index (χ2v) is 5.70. The highest BCUT2D eigenvalue weighted by molar-refractivity contribution is 5.62. The van der Waals surface area contributed by atoms with E-state index in [1.165, 1.54) is 12.8 Å². The Bertz CT molecular complexity index is 513. The van der Waals surface area contributed by atoms with Gasteiger partial charge in [-0.05, 0) is 39.2 Å². The van der Waals surface area contributed by atoms with Crippen LogP contribution in [0.3, 0.4) is 0 Å². The van der Waals surface area contributed by atoms with E-state index >= 15 is 0 Å². The maximum absolute atomic E-state index is 11.4. The lowest BCUT2D eigenvalue weighted by molar-refractivity contribution is -0.384. The lowest BCUT2D eigenvalue weighted by atomic mass is 9.94. The lowest BCUT2D eigenvalue weighted by Crippen LogP contribution is -2.40. The molecule has 0 radical (unpaired) electrons. The largest absolute Gasteiger partial charge is 0.349 e. The van der Waals surface area contributed by atoms with Crippen LogP contribution in [0.15, 0.2) is 0 Å². The second kappa shape index (κ2) is 5.05. The van der Waals surface area contributed by atoms with Gasteiger partial charge in [0.15, 0.2) is 0 Å². The number of hydrogen-bond acceptors (Lipinski definition) is 5. The summed E-state index contributed by atoms with van der Waals surface area (Å²) >= 11 is 0. The minimum absolute atomic E-state index is 0.172. The average molecular weight is 279 g/mol. The Balaban J connectivity index is 1.95. The number of nitrogens with one attached hydrogen (secondary N) is 1. The van der Waals surface area contributed by atoms with Crippen LogP contribution in [-0.2, 0) is 6.54 Å². The SMILES string of the molecule is CCn1nc(C)c([N+](=O)[O-])c1N1CC2CCCNC2C1. The normalized spacial score (nSPS) is 25.8. The van der Waals surface area contributed by atoms with E-state index in [0.717, 1.165) is 19.6 Å². The van der Waals surface area contributed by atoms with Gasteiger partial charge in [-0.15, -0.1) is 0 Å². The third kappa shape index (κ3) is 2.06. The van der Waals surface area contributed by atoms with Crippen LogP contribution in [0.1, 0.15) is 25.5 Å². The van der Waals surface area contributed by atoms with Gasteiger partial charge in [0, 0.05) is 25.7 Å². The highest BCUT2D eigenvalue weighted by atomic mass is 16.6. The van der Waals surface area contributed by atoms with Gasteiger partial charge in [0.05, 0.1) is 4.92 Å². The maximum atomic E-state index is 11.4. The van der Waals surface area contributed by atoms with Gasteiger partial charge in [0.25, 0.3) is 0 Å². The van der Waals surface area contributed by atoms with Crippen molar-refractivity contribution in [3.05, 3.63) is 15.8 Å². The molecule has 0 bridgehead atoms. The van der Waals surface area contributed by atoms with Crippen LogP contribution in [0, 0.1) is 23.0 Å². The van der Waals surface area contributed by atoms with E-state index < -0.39 is 0 Å².